The predicted octanol–water partition coefficient (Wildman–Crippen LogP) is 1.92. The molecule has 0 aromatic carbocycles. The third kappa shape index (κ3) is 4.07. The number of nitrogens with one attached hydrogen (secondary N) is 1. The van der Waals surface area contributed by atoms with Crippen molar-refractivity contribution in [2.24, 2.45) is 7.05 Å². The number of aryl methyl sites for hydroxylation is 1. The molecule has 8 heteroatoms. The molecule has 0 unspecified atom stereocenters. The molecule has 0 bridgehead atoms. The summed E-state index contributed by atoms with van der Waals surface area (Å²) in [5.41, 5.74) is 1.26. The molecular weight excluding hydrogens is 382 g/mol. The second-order valence-electron chi connectivity index (χ2n) is 7.56. The van der Waals surface area contributed by atoms with E-state index in [1.807, 2.05) is 12.1 Å². The van der Waals surface area contributed by atoms with Crippen molar-refractivity contribution in [3.63, 3.8) is 0 Å². The minimum Gasteiger partial charge on any atom is -0.349 e. The second kappa shape index (κ2) is 8.44. The van der Waals surface area contributed by atoms with E-state index in [1.54, 1.807) is 42.5 Å². The Kier molecular flexibility index (Phi) is 5.56. The van der Waals surface area contributed by atoms with Crippen LogP contribution in [0.2, 0.25) is 0 Å². The number of rotatable bonds is 4. The van der Waals surface area contributed by atoms with Gasteiger partial charge in [-0.1, -0.05) is 0 Å². The molecule has 1 saturated carbocycles. The van der Waals surface area contributed by atoms with Crippen molar-refractivity contribution in [1.29, 1.82) is 0 Å². The maximum atomic E-state index is 12.5. The molecule has 154 valence electrons. The number of carbonyl (C=O) groups is 1. The average molecular weight is 405 g/mol. The third-order valence-electron chi connectivity index (χ3n) is 5.53. The third-order valence-corrected chi connectivity index (χ3v) is 5.53. The zero-order valence-corrected chi connectivity index (χ0v) is 16.7. The van der Waals surface area contributed by atoms with E-state index in [2.05, 4.69) is 15.4 Å². The lowest BCUT2D eigenvalue weighted by molar-refractivity contribution is 0.0919. The molecule has 0 atom stereocenters. The fraction of sp³-hybridized carbons (Fsp3) is 0.318. The molecule has 1 aliphatic carbocycles. The predicted molar refractivity (Wildman–Crippen MR) is 112 cm³/mol. The van der Waals surface area contributed by atoms with Gasteiger partial charge in [-0.05, 0) is 56.0 Å². The van der Waals surface area contributed by atoms with Crippen LogP contribution in [0.4, 0.5) is 0 Å². The van der Waals surface area contributed by atoms with Crippen LogP contribution in [0.3, 0.4) is 0 Å². The summed E-state index contributed by atoms with van der Waals surface area (Å²) in [6.07, 6.45) is 7.92. The molecule has 0 saturated heterocycles. The molecule has 1 N–H and O–H groups in total. The van der Waals surface area contributed by atoms with Gasteiger partial charge >= 0.3 is 0 Å². The smallest absolute Gasteiger partial charge is 0.267 e. The van der Waals surface area contributed by atoms with Crippen LogP contribution in [-0.2, 0) is 7.05 Å². The number of nitrogens with zero attached hydrogens (tertiary/aromatic N) is 4. The van der Waals surface area contributed by atoms with Gasteiger partial charge in [0.05, 0.1) is 11.7 Å². The first-order valence-corrected chi connectivity index (χ1v) is 9.99. The summed E-state index contributed by atoms with van der Waals surface area (Å²) in [5.74, 6) is -0.353. The van der Waals surface area contributed by atoms with Gasteiger partial charge in [0.15, 0.2) is 0 Å². The fourth-order valence-corrected chi connectivity index (χ4v) is 3.85. The van der Waals surface area contributed by atoms with Gasteiger partial charge in [0.1, 0.15) is 5.56 Å². The van der Waals surface area contributed by atoms with Crippen molar-refractivity contribution in [3.05, 3.63) is 81.3 Å². The number of hydrogen-bond donors (Lipinski definition) is 1. The molecule has 1 amide bonds. The second-order valence-corrected chi connectivity index (χ2v) is 7.56. The van der Waals surface area contributed by atoms with Gasteiger partial charge < -0.3 is 9.88 Å². The Labute approximate surface area is 173 Å². The minimum atomic E-state index is -0.353. The van der Waals surface area contributed by atoms with E-state index in [4.69, 9.17) is 0 Å². The largest absolute Gasteiger partial charge is 0.349 e. The first-order chi connectivity index (χ1) is 14.5. The Morgan fingerprint density at radius 1 is 1.07 bits per heavy atom. The van der Waals surface area contributed by atoms with Crippen LogP contribution in [-0.4, -0.2) is 31.3 Å². The molecule has 3 aromatic heterocycles. The lowest BCUT2D eigenvalue weighted by Crippen LogP contribution is -2.41. The maximum Gasteiger partial charge on any atom is 0.267 e. The standard InChI is InChI=1S/C22H23N5O3/c1-26-13-3-5-18(22(26)30)21(29)24-16-6-8-17(9-7-16)27-20(28)11-10-19(25-27)15-4-2-12-23-14-15/h2-5,10-14,16-17H,6-9H2,1H3,(H,24,29). The van der Waals surface area contributed by atoms with Crippen LogP contribution >= 0.6 is 0 Å². The number of carbonyl (C=O) groups excluding carboxylic acids is 1. The average Bonchev–Trinajstić information content (AvgIpc) is 2.77. The SMILES string of the molecule is Cn1cccc(C(=O)NC2CCC(n3nc(-c4cccnc4)ccc3=O)CC2)c1=O. The van der Waals surface area contributed by atoms with Crippen LogP contribution in [0.1, 0.15) is 42.1 Å². The molecule has 8 nitrogen and oxygen atoms in total. The molecule has 0 aliphatic heterocycles. The van der Waals surface area contributed by atoms with Gasteiger partial charge in [-0.2, -0.15) is 5.10 Å². The van der Waals surface area contributed by atoms with E-state index < -0.39 is 0 Å². The summed E-state index contributed by atoms with van der Waals surface area (Å²) in [7, 11) is 1.62. The van der Waals surface area contributed by atoms with Crippen molar-refractivity contribution in [2.75, 3.05) is 0 Å². The molecule has 3 heterocycles. The zero-order valence-electron chi connectivity index (χ0n) is 16.7. The summed E-state index contributed by atoms with van der Waals surface area (Å²) >= 11 is 0. The number of hydrogen-bond acceptors (Lipinski definition) is 5. The molecule has 0 spiro atoms. The Bertz CT molecular complexity index is 1160. The van der Waals surface area contributed by atoms with Gasteiger partial charge in [-0.25, -0.2) is 4.68 Å². The lowest BCUT2D eigenvalue weighted by Gasteiger charge is -2.29. The van der Waals surface area contributed by atoms with Crippen molar-refractivity contribution in [2.45, 2.75) is 37.8 Å². The van der Waals surface area contributed by atoms with Crippen molar-refractivity contribution < 1.29 is 4.79 Å². The fourth-order valence-electron chi connectivity index (χ4n) is 3.85. The van der Waals surface area contributed by atoms with Gasteiger partial charge in [-0.15, -0.1) is 0 Å². The van der Waals surface area contributed by atoms with Crippen LogP contribution in [0.15, 0.2) is 64.6 Å². The zero-order chi connectivity index (χ0) is 21.1. The first kappa shape index (κ1) is 19.8. The van der Waals surface area contributed by atoms with Gasteiger partial charge in [0.2, 0.25) is 0 Å². The number of aromatic nitrogens is 4. The van der Waals surface area contributed by atoms with Gasteiger partial charge in [-0.3, -0.25) is 19.4 Å². The van der Waals surface area contributed by atoms with E-state index in [1.165, 1.54) is 16.7 Å². The number of pyridine rings is 2. The van der Waals surface area contributed by atoms with E-state index in [0.29, 0.717) is 5.69 Å². The lowest BCUT2D eigenvalue weighted by atomic mass is 9.91. The monoisotopic (exact) mass is 405 g/mol. The highest BCUT2D eigenvalue weighted by Crippen LogP contribution is 2.27. The Morgan fingerprint density at radius 3 is 2.60 bits per heavy atom. The topological polar surface area (TPSA) is 98.9 Å². The van der Waals surface area contributed by atoms with Crippen LogP contribution in [0.5, 0.6) is 0 Å². The van der Waals surface area contributed by atoms with Gasteiger partial charge in [0.25, 0.3) is 17.0 Å². The van der Waals surface area contributed by atoms with Crippen molar-refractivity contribution in [1.82, 2.24) is 24.6 Å². The normalized spacial score (nSPS) is 18.7. The quantitative estimate of drug-likeness (QED) is 0.715. The van der Waals surface area contributed by atoms with E-state index >= 15 is 0 Å². The summed E-state index contributed by atoms with van der Waals surface area (Å²) in [6.45, 7) is 0. The van der Waals surface area contributed by atoms with Crippen molar-refractivity contribution in [3.8, 4) is 11.3 Å². The Hall–Kier alpha value is -3.55. The van der Waals surface area contributed by atoms with E-state index in [0.717, 1.165) is 31.2 Å². The van der Waals surface area contributed by atoms with E-state index in [9.17, 15) is 14.4 Å². The first-order valence-electron chi connectivity index (χ1n) is 9.99. The maximum absolute atomic E-state index is 12.5. The highest BCUT2D eigenvalue weighted by molar-refractivity contribution is 5.93. The van der Waals surface area contributed by atoms with E-state index in [-0.39, 0.29) is 34.7 Å². The molecule has 0 radical (unpaired) electrons. The number of amides is 1. The molecular formula is C22H23N5O3. The highest BCUT2D eigenvalue weighted by atomic mass is 16.2. The minimum absolute atomic E-state index is 0.0214. The van der Waals surface area contributed by atoms with Crippen LogP contribution in [0, 0.1) is 0 Å². The summed E-state index contributed by atoms with van der Waals surface area (Å²) in [5, 5.41) is 7.51. The van der Waals surface area contributed by atoms with Gasteiger partial charge in [0, 0.05) is 43.3 Å². The summed E-state index contributed by atoms with van der Waals surface area (Å²) in [4.78, 5) is 41.1. The Balaban J connectivity index is 1.44. The summed E-state index contributed by atoms with van der Waals surface area (Å²) < 4.78 is 2.94. The molecule has 1 fully saturated rings. The highest BCUT2D eigenvalue weighted by Gasteiger charge is 2.26. The van der Waals surface area contributed by atoms with Crippen molar-refractivity contribution >= 4 is 5.91 Å². The van der Waals surface area contributed by atoms with Crippen LogP contribution < -0.4 is 16.4 Å². The Morgan fingerprint density at radius 2 is 1.87 bits per heavy atom. The molecule has 1 aliphatic rings. The molecule has 3 aromatic rings. The molecule has 30 heavy (non-hydrogen) atoms. The summed E-state index contributed by atoms with van der Waals surface area (Å²) in [6, 6.07) is 10.2. The molecule has 4 rings (SSSR count). The van der Waals surface area contributed by atoms with Crippen LogP contribution in [0.25, 0.3) is 11.3 Å².